The highest BCUT2D eigenvalue weighted by atomic mass is 15.0. The number of nitrogens with zero attached hydrogens (tertiary/aromatic N) is 5. The Morgan fingerprint density at radius 3 is 1.55 bits per heavy atom. The highest BCUT2D eigenvalue weighted by Crippen LogP contribution is 2.40. The van der Waals surface area contributed by atoms with Crippen molar-refractivity contribution in [1.82, 2.24) is 24.1 Å². The van der Waals surface area contributed by atoms with E-state index < -0.39 is 0 Å². The van der Waals surface area contributed by atoms with Crippen LogP contribution in [0.2, 0.25) is 0 Å². The number of para-hydroxylation sites is 3. The summed E-state index contributed by atoms with van der Waals surface area (Å²) in [6.45, 7) is 0. The third-order valence-corrected chi connectivity index (χ3v) is 11.7. The van der Waals surface area contributed by atoms with Gasteiger partial charge in [-0.3, -0.25) is 0 Å². The summed E-state index contributed by atoms with van der Waals surface area (Å²) in [6.07, 6.45) is 6.03. The molecular formula is C51H39N5. The molecule has 0 atom stereocenters. The second-order valence-corrected chi connectivity index (χ2v) is 15.1. The highest BCUT2D eigenvalue weighted by Gasteiger charge is 2.22. The average molecular weight is 722 g/mol. The Labute approximate surface area is 325 Å². The van der Waals surface area contributed by atoms with Crippen molar-refractivity contribution >= 4 is 43.6 Å². The van der Waals surface area contributed by atoms with Gasteiger partial charge in [0.2, 0.25) is 0 Å². The summed E-state index contributed by atoms with van der Waals surface area (Å²) in [5.41, 5.74) is 11.4. The van der Waals surface area contributed by atoms with Crippen molar-refractivity contribution in [3.8, 4) is 45.3 Å². The van der Waals surface area contributed by atoms with Gasteiger partial charge in [-0.05, 0) is 78.6 Å². The predicted octanol–water partition coefficient (Wildman–Crippen LogP) is 13.1. The third kappa shape index (κ3) is 5.50. The van der Waals surface area contributed by atoms with Crippen molar-refractivity contribution in [2.75, 3.05) is 0 Å². The lowest BCUT2D eigenvalue weighted by atomic mass is 9.88. The molecule has 268 valence electrons. The van der Waals surface area contributed by atoms with Gasteiger partial charge in [-0.2, -0.15) is 0 Å². The molecule has 56 heavy (non-hydrogen) atoms. The molecule has 3 heterocycles. The number of fused-ring (bicyclic) bond motifs is 6. The number of aromatic nitrogens is 5. The first-order valence-electron chi connectivity index (χ1n) is 19.8. The number of benzene rings is 7. The topological polar surface area (TPSA) is 48.5 Å². The van der Waals surface area contributed by atoms with Crippen LogP contribution in [0.5, 0.6) is 0 Å². The zero-order valence-corrected chi connectivity index (χ0v) is 31.0. The Kier molecular flexibility index (Phi) is 7.83. The molecule has 5 nitrogen and oxygen atoms in total. The molecule has 1 fully saturated rings. The van der Waals surface area contributed by atoms with E-state index in [1.54, 1.807) is 0 Å². The smallest absolute Gasteiger partial charge is 0.163 e. The van der Waals surface area contributed by atoms with E-state index in [9.17, 15) is 0 Å². The van der Waals surface area contributed by atoms with Crippen molar-refractivity contribution in [2.24, 2.45) is 0 Å². The van der Waals surface area contributed by atoms with Gasteiger partial charge in [-0.1, -0.05) is 135 Å². The lowest BCUT2D eigenvalue weighted by Gasteiger charge is -2.21. The first kappa shape index (κ1) is 32.6. The van der Waals surface area contributed by atoms with Gasteiger partial charge in [0.15, 0.2) is 11.6 Å². The van der Waals surface area contributed by atoms with Gasteiger partial charge >= 0.3 is 0 Å². The summed E-state index contributed by atoms with van der Waals surface area (Å²) in [5, 5.41) is 5.02. The molecule has 3 aromatic heterocycles. The molecule has 11 rings (SSSR count). The predicted molar refractivity (Wildman–Crippen MR) is 231 cm³/mol. The van der Waals surface area contributed by atoms with Crippen LogP contribution in [-0.4, -0.2) is 24.1 Å². The molecular weight excluding hydrogens is 683 g/mol. The largest absolute Gasteiger partial charge is 0.309 e. The summed E-state index contributed by atoms with van der Waals surface area (Å²) in [5.74, 6) is 2.79. The van der Waals surface area contributed by atoms with Crippen molar-refractivity contribution < 1.29 is 0 Å². The van der Waals surface area contributed by atoms with Crippen LogP contribution >= 0.6 is 0 Å². The molecule has 5 heteroatoms. The van der Waals surface area contributed by atoms with Crippen LogP contribution in [0.25, 0.3) is 88.9 Å². The first-order chi connectivity index (χ1) is 27.8. The Hall–Kier alpha value is -6.85. The molecule has 7 aromatic carbocycles. The summed E-state index contributed by atoms with van der Waals surface area (Å²) >= 11 is 0. The molecule has 0 amide bonds. The van der Waals surface area contributed by atoms with Crippen LogP contribution in [0.1, 0.15) is 43.8 Å². The summed E-state index contributed by atoms with van der Waals surface area (Å²) < 4.78 is 4.82. The van der Waals surface area contributed by atoms with Crippen molar-refractivity contribution in [2.45, 2.75) is 38.0 Å². The van der Waals surface area contributed by atoms with Gasteiger partial charge in [0.25, 0.3) is 0 Å². The van der Waals surface area contributed by atoms with E-state index in [1.165, 1.54) is 62.9 Å². The molecule has 0 bridgehead atoms. The van der Waals surface area contributed by atoms with Crippen LogP contribution in [0.4, 0.5) is 0 Å². The standard InChI is InChI=1S/C51H39N5/c1-4-15-35(16-5-1)49-52-50(36-17-6-2-7-18-36)54-51(53-49)38-20-14-19-37(31-38)34-27-29-40(30-28-34)56-46-26-13-11-24-42(46)44-32-43-41-23-10-12-25-45(41)55(47(43)33-48(44)56)39-21-8-3-9-22-39/h1,3-5,8-16,19-33,36H,2,6-7,17-18H2. The number of hydrogen-bond donors (Lipinski definition) is 0. The molecule has 1 saturated carbocycles. The number of hydrogen-bond acceptors (Lipinski definition) is 3. The van der Waals surface area contributed by atoms with E-state index in [2.05, 4.69) is 161 Å². The van der Waals surface area contributed by atoms with Gasteiger partial charge in [-0.25, -0.2) is 15.0 Å². The fourth-order valence-corrected chi connectivity index (χ4v) is 8.99. The van der Waals surface area contributed by atoms with Gasteiger partial charge in [0.05, 0.1) is 22.1 Å². The van der Waals surface area contributed by atoms with Gasteiger partial charge in [0, 0.05) is 50.0 Å². The molecule has 0 aliphatic heterocycles. The Bertz CT molecular complexity index is 3040. The van der Waals surface area contributed by atoms with E-state index in [0.29, 0.717) is 5.92 Å². The number of rotatable bonds is 6. The van der Waals surface area contributed by atoms with Gasteiger partial charge < -0.3 is 9.13 Å². The molecule has 1 aliphatic rings. The summed E-state index contributed by atoms with van der Waals surface area (Å²) in [7, 11) is 0. The van der Waals surface area contributed by atoms with Crippen LogP contribution in [-0.2, 0) is 0 Å². The van der Waals surface area contributed by atoms with E-state index >= 15 is 0 Å². The SMILES string of the molecule is c1ccc(-c2nc(-c3cccc(-c4ccc(-n5c6ccccc6c6cc7c8ccccc8n(-c8ccccc8)c7cc65)cc4)c3)nc(C3CCCCC3)n2)cc1. The Balaban J connectivity index is 1.02. The molecule has 0 radical (unpaired) electrons. The van der Waals surface area contributed by atoms with Crippen LogP contribution in [0.3, 0.4) is 0 Å². The minimum Gasteiger partial charge on any atom is -0.309 e. The monoisotopic (exact) mass is 721 g/mol. The van der Waals surface area contributed by atoms with E-state index in [1.807, 2.05) is 18.2 Å². The lowest BCUT2D eigenvalue weighted by molar-refractivity contribution is 0.428. The molecule has 1 aliphatic carbocycles. The van der Waals surface area contributed by atoms with Gasteiger partial charge in [-0.15, -0.1) is 0 Å². The Morgan fingerprint density at radius 2 is 0.893 bits per heavy atom. The molecule has 0 unspecified atom stereocenters. The Morgan fingerprint density at radius 1 is 0.357 bits per heavy atom. The minimum atomic E-state index is 0.377. The fourth-order valence-electron chi connectivity index (χ4n) is 8.99. The van der Waals surface area contributed by atoms with Crippen LogP contribution in [0, 0.1) is 0 Å². The zero-order valence-electron chi connectivity index (χ0n) is 31.0. The zero-order chi connectivity index (χ0) is 37.0. The fraction of sp³-hybridized carbons (Fsp3) is 0.118. The molecule has 10 aromatic rings. The maximum atomic E-state index is 5.13. The van der Waals surface area contributed by atoms with E-state index in [0.717, 1.165) is 63.9 Å². The van der Waals surface area contributed by atoms with E-state index in [4.69, 9.17) is 15.0 Å². The second-order valence-electron chi connectivity index (χ2n) is 15.1. The quantitative estimate of drug-likeness (QED) is 0.172. The summed E-state index contributed by atoms with van der Waals surface area (Å²) in [4.78, 5) is 15.2. The lowest BCUT2D eigenvalue weighted by Crippen LogP contribution is -2.11. The maximum absolute atomic E-state index is 5.13. The van der Waals surface area contributed by atoms with Crippen molar-refractivity contribution in [3.63, 3.8) is 0 Å². The summed E-state index contributed by atoms with van der Waals surface area (Å²) in [6, 6.07) is 60.9. The van der Waals surface area contributed by atoms with Crippen molar-refractivity contribution in [1.29, 1.82) is 0 Å². The first-order valence-corrected chi connectivity index (χ1v) is 19.8. The van der Waals surface area contributed by atoms with Gasteiger partial charge in [0.1, 0.15) is 5.82 Å². The normalized spacial score (nSPS) is 13.6. The average Bonchev–Trinajstić information content (AvgIpc) is 3.78. The van der Waals surface area contributed by atoms with Crippen molar-refractivity contribution in [3.05, 3.63) is 176 Å². The maximum Gasteiger partial charge on any atom is 0.163 e. The van der Waals surface area contributed by atoms with E-state index in [-0.39, 0.29) is 0 Å². The molecule has 0 saturated heterocycles. The molecule has 0 spiro atoms. The second kappa shape index (κ2) is 13.5. The molecule has 0 N–H and O–H groups in total. The van der Waals surface area contributed by atoms with Crippen LogP contribution < -0.4 is 0 Å². The third-order valence-electron chi connectivity index (χ3n) is 11.7. The highest BCUT2D eigenvalue weighted by molar-refractivity contribution is 6.19. The minimum absolute atomic E-state index is 0.377. The van der Waals surface area contributed by atoms with Crippen LogP contribution in [0.15, 0.2) is 170 Å².